The molecule has 1 atom stereocenters. The second-order valence-corrected chi connectivity index (χ2v) is 5.85. The van der Waals surface area contributed by atoms with Gasteiger partial charge in [0.05, 0.1) is 25.2 Å². The van der Waals surface area contributed by atoms with Crippen molar-refractivity contribution in [2.24, 2.45) is 5.41 Å². The maximum Gasteiger partial charge on any atom is 0.0579 e. The number of hydrogen-bond acceptors (Lipinski definition) is 4. The first-order valence-electron chi connectivity index (χ1n) is 6.85. The van der Waals surface area contributed by atoms with Gasteiger partial charge >= 0.3 is 0 Å². The summed E-state index contributed by atoms with van der Waals surface area (Å²) in [6.45, 7) is 2.81. The fraction of sp³-hybridized carbons (Fsp3) is 0.600. The van der Waals surface area contributed by atoms with Crippen LogP contribution in [0, 0.1) is 5.41 Å². The number of benzene rings is 1. The first-order valence-corrected chi connectivity index (χ1v) is 7.23. The van der Waals surface area contributed by atoms with Crippen molar-refractivity contribution >= 4 is 11.6 Å². The summed E-state index contributed by atoms with van der Waals surface area (Å²) in [5.74, 6) is 0. The van der Waals surface area contributed by atoms with Crippen molar-refractivity contribution in [3.8, 4) is 0 Å². The molecule has 2 N–H and O–H groups in total. The molecule has 1 aromatic carbocycles. The van der Waals surface area contributed by atoms with Crippen LogP contribution in [0.2, 0.25) is 5.02 Å². The zero-order valence-electron chi connectivity index (χ0n) is 11.8. The van der Waals surface area contributed by atoms with Crippen LogP contribution in [0.3, 0.4) is 0 Å². The van der Waals surface area contributed by atoms with E-state index < -0.39 is 0 Å². The highest BCUT2D eigenvalue weighted by Crippen LogP contribution is 2.28. The summed E-state index contributed by atoms with van der Waals surface area (Å²) in [6, 6.07) is 8.03. The minimum Gasteiger partial charge on any atom is -0.396 e. The summed E-state index contributed by atoms with van der Waals surface area (Å²) >= 11 is 5.93. The van der Waals surface area contributed by atoms with Gasteiger partial charge in [0.1, 0.15) is 0 Å². The van der Waals surface area contributed by atoms with Gasteiger partial charge in [0.25, 0.3) is 0 Å². The highest BCUT2D eigenvalue weighted by Gasteiger charge is 2.38. The van der Waals surface area contributed by atoms with Gasteiger partial charge in [-0.1, -0.05) is 23.7 Å². The zero-order chi connectivity index (χ0) is 14.4. The number of halogens is 1. The average molecular weight is 300 g/mol. The largest absolute Gasteiger partial charge is 0.396 e. The first-order chi connectivity index (χ1) is 9.69. The van der Waals surface area contributed by atoms with Gasteiger partial charge in [0.15, 0.2) is 0 Å². The number of ether oxygens (including phenoxy) is 2. The van der Waals surface area contributed by atoms with Crippen molar-refractivity contribution < 1.29 is 14.6 Å². The van der Waals surface area contributed by atoms with E-state index in [4.69, 9.17) is 21.1 Å². The number of aliphatic hydroxyl groups excluding tert-OH is 1. The standard InChI is InChI=1S/C15H22ClNO3/c1-19-7-6-14(12-2-4-13(16)5-3-12)17-8-15(9-18)10-20-11-15/h2-5,14,17-18H,6-11H2,1H3. The third-order valence-electron chi connectivity index (χ3n) is 3.76. The molecule has 4 nitrogen and oxygen atoms in total. The number of hydrogen-bond donors (Lipinski definition) is 2. The normalized spacial score (nSPS) is 18.6. The molecule has 0 bridgehead atoms. The van der Waals surface area contributed by atoms with Crippen molar-refractivity contribution in [2.45, 2.75) is 12.5 Å². The van der Waals surface area contributed by atoms with Crippen LogP contribution in [0.25, 0.3) is 0 Å². The van der Waals surface area contributed by atoms with Crippen LogP contribution in [-0.4, -0.2) is 45.2 Å². The van der Waals surface area contributed by atoms with Gasteiger partial charge < -0.3 is 19.9 Å². The van der Waals surface area contributed by atoms with Gasteiger partial charge in [-0.3, -0.25) is 0 Å². The molecule has 5 heteroatoms. The smallest absolute Gasteiger partial charge is 0.0579 e. The summed E-state index contributed by atoms with van der Waals surface area (Å²) in [4.78, 5) is 0. The Labute approximate surface area is 125 Å². The molecule has 2 rings (SSSR count). The Morgan fingerprint density at radius 2 is 2.10 bits per heavy atom. The lowest BCUT2D eigenvalue weighted by Gasteiger charge is -2.41. The zero-order valence-corrected chi connectivity index (χ0v) is 12.5. The number of methoxy groups -OCH3 is 1. The summed E-state index contributed by atoms with van der Waals surface area (Å²) in [7, 11) is 1.70. The predicted octanol–water partition coefficient (Wildman–Crippen LogP) is 2.02. The summed E-state index contributed by atoms with van der Waals surface area (Å²) in [5.41, 5.74) is 1.05. The fourth-order valence-corrected chi connectivity index (χ4v) is 2.42. The number of nitrogens with one attached hydrogen (secondary N) is 1. The molecule has 0 radical (unpaired) electrons. The molecule has 20 heavy (non-hydrogen) atoms. The van der Waals surface area contributed by atoms with E-state index in [2.05, 4.69) is 5.32 Å². The Morgan fingerprint density at radius 3 is 2.60 bits per heavy atom. The molecule has 1 aliphatic heterocycles. The van der Waals surface area contributed by atoms with Gasteiger partial charge in [-0.25, -0.2) is 0 Å². The second-order valence-electron chi connectivity index (χ2n) is 5.42. The molecule has 0 saturated carbocycles. The Bertz CT molecular complexity index is 401. The van der Waals surface area contributed by atoms with E-state index in [-0.39, 0.29) is 18.1 Å². The van der Waals surface area contributed by atoms with E-state index in [0.717, 1.165) is 18.0 Å². The van der Waals surface area contributed by atoms with E-state index in [1.165, 1.54) is 5.56 Å². The van der Waals surface area contributed by atoms with Crippen LogP contribution in [-0.2, 0) is 9.47 Å². The number of rotatable bonds is 8. The van der Waals surface area contributed by atoms with Crippen LogP contribution < -0.4 is 5.32 Å². The van der Waals surface area contributed by atoms with E-state index in [1.54, 1.807) is 7.11 Å². The minimum atomic E-state index is -0.127. The summed E-state index contributed by atoms with van der Waals surface area (Å²) in [6.07, 6.45) is 0.875. The van der Waals surface area contributed by atoms with Gasteiger partial charge in [0.2, 0.25) is 0 Å². The molecule has 1 fully saturated rings. The maximum atomic E-state index is 9.47. The van der Waals surface area contributed by atoms with Crippen LogP contribution in [0.1, 0.15) is 18.0 Å². The third kappa shape index (κ3) is 3.93. The topological polar surface area (TPSA) is 50.7 Å². The molecular formula is C15H22ClNO3. The lowest BCUT2D eigenvalue weighted by molar-refractivity contribution is -0.135. The molecular weight excluding hydrogens is 278 g/mol. The van der Waals surface area contributed by atoms with Crippen LogP contribution in [0.5, 0.6) is 0 Å². The Morgan fingerprint density at radius 1 is 1.40 bits per heavy atom. The summed E-state index contributed by atoms with van der Waals surface area (Å²) in [5, 5.41) is 13.7. The van der Waals surface area contributed by atoms with E-state index in [1.807, 2.05) is 24.3 Å². The molecule has 0 spiro atoms. The van der Waals surface area contributed by atoms with Gasteiger partial charge in [0, 0.05) is 31.3 Å². The van der Waals surface area contributed by atoms with Crippen LogP contribution in [0.15, 0.2) is 24.3 Å². The average Bonchev–Trinajstić information content (AvgIpc) is 2.42. The molecule has 1 heterocycles. The van der Waals surface area contributed by atoms with E-state index in [9.17, 15) is 5.11 Å². The third-order valence-corrected chi connectivity index (χ3v) is 4.01. The predicted molar refractivity (Wildman–Crippen MR) is 79.0 cm³/mol. The van der Waals surface area contributed by atoms with Crippen molar-refractivity contribution in [3.05, 3.63) is 34.9 Å². The van der Waals surface area contributed by atoms with Crippen molar-refractivity contribution in [1.29, 1.82) is 0 Å². The number of aliphatic hydroxyl groups is 1. The SMILES string of the molecule is COCCC(NCC1(CO)COC1)c1ccc(Cl)cc1. The van der Waals surface area contributed by atoms with E-state index in [0.29, 0.717) is 19.8 Å². The Balaban J connectivity index is 1.97. The monoisotopic (exact) mass is 299 g/mol. The highest BCUT2D eigenvalue weighted by molar-refractivity contribution is 6.30. The molecule has 0 amide bonds. The molecule has 1 unspecified atom stereocenters. The molecule has 0 aliphatic carbocycles. The molecule has 1 saturated heterocycles. The van der Waals surface area contributed by atoms with Crippen LogP contribution >= 0.6 is 11.6 Å². The van der Waals surface area contributed by atoms with Crippen molar-refractivity contribution in [1.82, 2.24) is 5.32 Å². The molecule has 1 aromatic rings. The van der Waals surface area contributed by atoms with E-state index >= 15 is 0 Å². The highest BCUT2D eigenvalue weighted by atomic mass is 35.5. The van der Waals surface area contributed by atoms with Crippen molar-refractivity contribution in [3.63, 3.8) is 0 Å². The minimum absolute atomic E-state index is 0.127. The molecule has 112 valence electrons. The lowest BCUT2D eigenvalue weighted by atomic mass is 9.86. The first kappa shape index (κ1) is 15.7. The second kappa shape index (κ2) is 7.38. The molecule has 0 aromatic heterocycles. The van der Waals surface area contributed by atoms with Gasteiger partial charge in [-0.15, -0.1) is 0 Å². The fourth-order valence-electron chi connectivity index (χ4n) is 2.30. The molecule has 1 aliphatic rings. The van der Waals surface area contributed by atoms with Crippen molar-refractivity contribution in [2.75, 3.05) is 40.1 Å². The Kier molecular flexibility index (Phi) is 5.81. The Hall–Kier alpha value is -0.650. The van der Waals surface area contributed by atoms with Crippen LogP contribution in [0.4, 0.5) is 0 Å². The summed E-state index contributed by atoms with van der Waals surface area (Å²) < 4.78 is 10.4. The van der Waals surface area contributed by atoms with Gasteiger partial charge in [-0.2, -0.15) is 0 Å². The maximum absolute atomic E-state index is 9.47. The van der Waals surface area contributed by atoms with Gasteiger partial charge in [-0.05, 0) is 24.1 Å². The lowest BCUT2D eigenvalue weighted by Crippen LogP contribution is -2.52. The quantitative estimate of drug-likeness (QED) is 0.771.